The highest BCUT2D eigenvalue weighted by Gasteiger charge is 2.54. The molecule has 5 aliphatic heterocycles. The van der Waals surface area contributed by atoms with E-state index in [0.717, 1.165) is 0 Å². The normalized spacial score (nSPS) is 55.9. The van der Waals surface area contributed by atoms with Crippen molar-refractivity contribution in [3.63, 3.8) is 0 Å². The van der Waals surface area contributed by atoms with Crippen LogP contribution in [-0.4, -0.2) is 199 Å². The van der Waals surface area contributed by atoms with Crippen molar-refractivity contribution in [2.75, 3.05) is 19.8 Å². The molecule has 0 aromatic carbocycles. The van der Waals surface area contributed by atoms with Crippen LogP contribution in [0.25, 0.3) is 0 Å². The summed E-state index contributed by atoms with van der Waals surface area (Å²) in [6.45, 7) is -0.347. The second-order valence-electron chi connectivity index (χ2n) is 11.5. The van der Waals surface area contributed by atoms with Gasteiger partial charge < -0.3 is 94.1 Å². The van der Waals surface area contributed by atoms with Gasteiger partial charge in [0.15, 0.2) is 25.2 Å². The molecule has 0 radical (unpaired) electrons. The topological polar surface area (TPSA) is 296 Å². The SMILES string of the molecule is CCC1OC2OCC3O[C@@H](O[C@@H]4C(O)[C@@H](OCC5O[C@@H](O[C@H](C2O)[C@@H]1O)C(O)[C@@H](O)[C@@H]5O)OC(CO)[C@H]4O)C(O)[C@@H](O)[C@@H]3O. The molecule has 256 valence electrons. The van der Waals surface area contributed by atoms with Gasteiger partial charge in [0.2, 0.25) is 0 Å². The monoisotopic (exact) mass is 646 g/mol. The average Bonchev–Trinajstić information content (AvgIpc) is 3.01. The Morgan fingerprint density at radius 2 is 0.841 bits per heavy atom. The predicted octanol–water partition coefficient (Wildman–Crippen LogP) is -7.29. The minimum atomic E-state index is -1.90. The van der Waals surface area contributed by atoms with Crippen molar-refractivity contribution < 1.29 is 94.1 Å². The first-order valence-electron chi connectivity index (χ1n) is 14.4. The minimum Gasteiger partial charge on any atom is -0.394 e. The summed E-state index contributed by atoms with van der Waals surface area (Å²) in [6, 6.07) is 0. The van der Waals surface area contributed by atoms with Crippen molar-refractivity contribution in [3.8, 4) is 0 Å². The van der Waals surface area contributed by atoms with Gasteiger partial charge in [0.25, 0.3) is 0 Å². The lowest BCUT2D eigenvalue weighted by Crippen LogP contribution is -2.66. The Morgan fingerprint density at radius 1 is 0.432 bits per heavy atom. The Labute approximate surface area is 250 Å². The summed E-state index contributed by atoms with van der Waals surface area (Å²) in [5, 5.41) is 117. The van der Waals surface area contributed by atoms with Gasteiger partial charge in [-0.05, 0) is 6.42 Å². The Kier molecular flexibility index (Phi) is 11.1. The molecular formula is C25H42O19. The molecule has 11 N–H and O–H groups in total. The molecule has 0 saturated carbocycles. The average molecular weight is 647 g/mol. The van der Waals surface area contributed by atoms with Crippen LogP contribution < -0.4 is 0 Å². The van der Waals surface area contributed by atoms with Crippen LogP contribution in [0, 0.1) is 0 Å². The second kappa shape index (κ2) is 14.2. The fraction of sp³-hybridized carbons (Fsp3) is 1.00. The van der Waals surface area contributed by atoms with Crippen molar-refractivity contribution >= 4 is 0 Å². The Hall–Kier alpha value is -0.760. The van der Waals surface area contributed by atoms with Crippen LogP contribution in [0.4, 0.5) is 0 Å². The van der Waals surface area contributed by atoms with Crippen molar-refractivity contribution in [1.82, 2.24) is 0 Å². The van der Waals surface area contributed by atoms with Crippen LogP contribution in [0.2, 0.25) is 0 Å². The number of hydrogen-bond acceptors (Lipinski definition) is 19. The number of aliphatic hydroxyl groups is 11. The molecule has 0 spiro atoms. The number of fused-ring (bicyclic) bond motifs is 8. The van der Waals surface area contributed by atoms with Crippen LogP contribution in [0.1, 0.15) is 13.3 Å². The van der Waals surface area contributed by atoms with Gasteiger partial charge in [-0.3, -0.25) is 0 Å². The lowest BCUT2D eigenvalue weighted by atomic mass is 9.95. The Morgan fingerprint density at radius 3 is 1.25 bits per heavy atom. The number of ether oxygens (including phenoxy) is 8. The van der Waals surface area contributed by atoms with Gasteiger partial charge in [-0.1, -0.05) is 6.92 Å². The summed E-state index contributed by atoms with van der Waals surface area (Å²) < 4.78 is 45.0. The molecule has 5 saturated heterocycles. The molecule has 5 heterocycles. The highest BCUT2D eigenvalue weighted by Crippen LogP contribution is 2.34. The number of rotatable bonds is 2. The number of aliphatic hydroxyl groups excluding tert-OH is 11. The second-order valence-corrected chi connectivity index (χ2v) is 11.5. The largest absolute Gasteiger partial charge is 0.394 e. The molecule has 0 amide bonds. The van der Waals surface area contributed by atoms with Gasteiger partial charge in [0.05, 0.1) is 25.9 Å². The van der Waals surface area contributed by atoms with Gasteiger partial charge in [-0.2, -0.15) is 0 Å². The summed E-state index contributed by atoms with van der Waals surface area (Å²) in [7, 11) is 0. The fourth-order valence-electron chi connectivity index (χ4n) is 5.91. The third-order valence-electron chi connectivity index (χ3n) is 8.64. The molecule has 19 nitrogen and oxygen atoms in total. The van der Waals surface area contributed by atoms with E-state index in [4.69, 9.17) is 37.9 Å². The molecular weight excluding hydrogens is 604 g/mol. The molecule has 0 aromatic rings. The van der Waals surface area contributed by atoms with Crippen molar-refractivity contribution in [2.45, 2.75) is 136 Å². The first-order valence-corrected chi connectivity index (χ1v) is 14.4. The fourth-order valence-corrected chi connectivity index (χ4v) is 5.91. The molecule has 8 bridgehead atoms. The zero-order chi connectivity index (χ0) is 32.0. The van der Waals surface area contributed by atoms with Crippen LogP contribution in [0.15, 0.2) is 0 Å². The van der Waals surface area contributed by atoms with E-state index in [2.05, 4.69) is 0 Å². The number of hydrogen-bond donors (Lipinski definition) is 11. The molecule has 5 fully saturated rings. The maximum absolute atomic E-state index is 11.0. The van der Waals surface area contributed by atoms with Crippen LogP contribution in [0.5, 0.6) is 0 Å². The van der Waals surface area contributed by atoms with E-state index in [1.54, 1.807) is 6.92 Å². The summed E-state index contributed by atoms with van der Waals surface area (Å²) in [5.41, 5.74) is 0. The molecule has 44 heavy (non-hydrogen) atoms. The van der Waals surface area contributed by atoms with E-state index in [1.807, 2.05) is 0 Å². The van der Waals surface area contributed by atoms with Gasteiger partial charge in [0, 0.05) is 0 Å². The van der Waals surface area contributed by atoms with Crippen molar-refractivity contribution in [2.24, 2.45) is 0 Å². The lowest BCUT2D eigenvalue weighted by molar-refractivity contribution is -0.383. The summed E-state index contributed by atoms with van der Waals surface area (Å²) in [5.74, 6) is 0. The molecule has 0 aromatic heterocycles. The van der Waals surface area contributed by atoms with E-state index >= 15 is 0 Å². The Bertz CT molecular complexity index is 860. The van der Waals surface area contributed by atoms with Crippen LogP contribution >= 0.6 is 0 Å². The molecule has 9 unspecified atom stereocenters. The van der Waals surface area contributed by atoms with Crippen molar-refractivity contribution in [3.05, 3.63) is 0 Å². The molecule has 5 rings (SSSR count). The predicted molar refractivity (Wildman–Crippen MR) is 134 cm³/mol. The van der Waals surface area contributed by atoms with Gasteiger partial charge in [0.1, 0.15) is 91.6 Å². The van der Waals surface area contributed by atoms with E-state index in [0.29, 0.717) is 0 Å². The molecule has 19 heteroatoms. The lowest BCUT2D eigenvalue weighted by Gasteiger charge is -2.48. The van der Waals surface area contributed by atoms with Crippen molar-refractivity contribution in [1.29, 1.82) is 0 Å². The Balaban J connectivity index is 1.47. The third kappa shape index (κ3) is 6.52. The zero-order valence-corrected chi connectivity index (χ0v) is 23.6. The van der Waals surface area contributed by atoms with Crippen LogP contribution in [0.3, 0.4) is 0 Å². The quantitative estimate of drug-likeness (QED) is 0.133. The molecule has 5 aliphatic rings. The van der Waals surface area contributed by atoms with E-state index in [9.17, 15) is 56.2 Å². The molecule has 0 aliphatic carbocycles. The minimum absolute atomic E-state index is 0.200. The van der Waals surface area contributed by atoms with Gasteiger partial charge >= 0.3 is 0 Å². The molecule has 20 atom stereocenters. The van der Waals surface area contributed by atoms with Crippen LogP contribution in [-0.2, 0) is 37.9 Å². The first kappa shape index (κ1) is 34.6. The smallest absolute Gasteiger partial charge is 0.187 e. The van der Waals surface area contributed by atoms with E-state index in [1.165, 1.54) is 0 Å². The van der Waals surface area contributed by atoms with E-state index < -0.39 is 143 Å². The first-order chi connectivity index (χ1) is 20.9. The summed E-state index contributed by atoms with van der Waals surface area (Å²) >= 11 is 0. The van der Waals surface area contributed by atoms with E-state index in [-0.39, 0.29) is 6.42 Å². The third-order valence-corrected chi connectivity index (χ3v) is 8.64. The highest BCUT2D eigenvalue weighted by atomic mass is 16.8. The highest BCUT2D eigenvalue weighted by molar-refractivity contribution is 4.97. The summed E-state index contributed by atoms with van der Waals surface area (Å²) in [4.78, 5) is 0. The summed E-state index contributed by atoms with van der Waals surface area (Å²) in [6.07, 6.45) is -32.8. The maximum Gasteiger partial charge on any atom is 0.187 e. The maximum atomic E-state index is 11.0. The van der Waals surface area contributed by atoms with Gasteiger partial charge in [-0.15, -0.1) is 0 Å². The zero-order valence-electron chi connectivity index (χ0n) is 23.6. The standard InChI is InChI=1S/C25H42O19/c1-2-6-12(29)20-18(35)22(39-6)37-4-8-10(27)15(32)17(34)25(42-8)44-21-13(30)7(3-26)40-23(19(21)36)38-5-9-11(28)14(31)16(33)24(41-9)43-20/h6-36H,2-5H2,1H3/t6?,7?,8?,9?,10-,11-,12-,13-,14+,15+,16?,17?,18?,19?,20+,21+,22?,23+,24+,25+/m1/s1. The van der Waals surface area contributed by atoms with Gasteiger partial charge in [-0.25, -0.2) is 0 Å².